The number of allylic oxidation sites excluding steroid dienone is 14. The molecule has 0 spiro atoms. The second kappa shape index (κ2) is 61.1. The van der Waals surface area contributed by atoms with Crippen molar-refractivity contribution in [2.75, 3.05) is 13.2 Å². The van der Waals surface area contributed by atoms with E-state index in [9.17, 15) is 14.4 Å². The van der Waals surface area contributed by atoms with Crippen LogP contribution in [0.4, 0.5) is 0 Å². The van der Waals surface area contributed by atoms with Crippen LogP contribution in [0.1, 0.15) is 303 Å². The molecule has 0 radical (unpaired) electrons. The molecule has 0 aliphatic rings. The molecule has 0 saturated heterocycles. The van der Waals surface area contributed by atoms with Crippen LogP contribution in [0.2, 0.25) is 0 Å². The molecule has 0 fully saturated rings. The smallest absolute Gasteiger partial charge is 0.306 e. The Morgan fingerprint density at radius 3 is 0.904 bits per heavy atom. The molecule has 6 heteroatoms. The monoisotopic (exact) mass is 1020 g/mol. The zero-order valence-electron chi connectivity index (χ0n) is 48.1. The van der Waals surface area contributed by atoms with Crippen LogP contribution in [0.3, 0.4) is 0 Å². The molecular formula is C67H116O6. The van der Waals surface area contributed by atoms with Crippen LogP contribution in [-0.4, -0.2) is 37.2 Å². The summed E-state index contributed by atoms with van der Waals surface area (Å²) in [7, 11) is 0. The van der Waals surface area contributed by atoms with Crippen LogP contribution < -0.4 is 0 Å². The number of rotatable bonds is 56. The first-order valence-electron chi connectivity index (χ1n) is 31.1. The summed E-state index contributed by atoms with van der Waals surface area (Å²) in [5, 5.41) is 0. The third-order valence-electron chi connectivity index (χ3n) is 13.4. The van der Waals surface area contributed by atoms with Gasteiger partial charge in [0.25, 0.3) is 0 Å². The number of unbranched alkanes of at least 4 members (excludes halogenated alkanes) is 31. The largest absolute Gasteiger partial charge is 0.462 e. The fourth-order valence-electron chi connectivity index (χ4n) is 8.76. The molecule has 0 bridgehead atoms. The maximum atomic E-state index is 12.8. The third-order valence-corrected chi connectivity index (χ3v) is 13.4. The SMILES string of the molecule is CC/C=C\C/C=C\C/C=C\C/C=C\C/C=C\C/C=C\CCC(=O)OC(COC(=O)CCCCCCC/C=C\CCCCCC)COC(=O)CCCCCCCCCCCCCCCCCCCCCCCCC. The highest BCUT2D eigenvalue weighted by atomic mass is 16.6. The molecule has 0 rings (SSSR count). The van der Waals surface area contributed by atoms with Gasteiger partial charge >= 0.3 is 17.9 Å². The summed E-state index contributed by atoms with van der Waals surface area (Å²) >= 11 is 0. The second-order valence-electron chi connectivity index (χ2n) is 20.6. The van der Waals surface area contributed by atoms with E-state index in [2.05, 4.69) is 99.8 Å². The van der Waals surface area contributed by atoms with Crippen LogP contribution in [0, 0.1) is 0 Å². The molecule has 0 saturated carbocycles. The van der Waals surface area contributed by atoms with Gasteiger partial charge in [-0.2, -0.15) is 0 Å². The summed E-state index contributed by atoms with van der Waals surface area (Å²) in [6.07, 6.45) is 80.3. The van der Waals surface area contributed by atoms with Crippen molar-refractivity contribution in [1.29, 1.82) is 0 Å². The van der Waals surface area contributed by atoms with E-state index in [1.807, 2.05) is 6.08 Å². The summed E-state index contributed by atoms with van der Waals surface area (Å²) in [5.74, 6) is -0.990. The normalized spacial score (nSPS) is 12.6. The second-order valence-corrected chi connectivity index (χ2v) is 20.6. The highest BCUT2D eigenvalue weighted by molar-refractivity contribution is 5.71. The Balaban J connectivity index is 4.39. The maximum Gasteiger partial charge on any atom is 0.306 e. The van der Waals surface area contributed by atoms with Crippen LogP contribution in [0.5, 0.6) is 0 Å². The van der Waals surface area contributed by atoms with Gasteiger partial charge in [0, 0.05) is 19.3 Å². The lowest BCUT2D eigenvalue weighted by molar-refractivity contribution is -0.166. The average molecular weight is 1020 g/mol. The first-order chi connectivity index (χ1) is 36.0. The number of hydrogen-bond donors (Lipinski definition) is 0. The average Bonchev–Trinajstić information content (AvgIpc) is 3.39. The standard InChI is InChI=1S/C67H116O6/c1-4-7-10-13-16-19-22-25-27-29-31-32-33-34-36-37-39-42-45-48-51-54-57-60-66(69)72-63-64(62-71-65(68)59-56-53-50-47-44-41-24-21-18-15-12-9-6-3)73-67(70)61-58-55-52-49-46-43-40-38-35-30-28-26-23-20-17-14-11-8-5-2/h8,11,17,20-21,24,26,28,35,38,43,46,52,55,64H,4-7,9-10,12-16,18-19,22-23,25,27,29-34,36-37,39-42,44-45,47-51,53-54,56-63H2,1-3H3/b11-8-,20-17-,24-21-,28-26-,38-35-,46-43-,55-52-. The van der Waals surface area contributed by atoms with Gasteiger partial charge in [0.05, 0.1) is 0 Å². The van der Waals surface area contributed by atoms with E-state index in [1.54, 1.807) is 0 Å². The Kier molecular flexibility index (Phi) is 58.3. The van der Waals surface area contributed by atoms with Gasteiger partial charge in [0.1, 0.15) is 13.2 Å². The Morgan fingerprint density at radius 1 is 0.288 bits per heavy atom. The third kappa shape index (κ3) is 59.3. The fourth-order valence-corrected chi connectivity index (χ4v) is 8.76. The van der Waals surface area contributed by atoms with Gasteiger partial charge in [0.15, 0.2) is 6.10 Å². The molecule has 1 unspecified atom stereocenters. The predicted octanol–water partition coefficient (Wildman–Crippen LogP) is 21.1. The molecule has 6 nitrogen and oxygen atoms in total. The van der Waals surface area contributed by atoms with Gasteiger partial charge in [0.2, 0.25) is 0 Å². The summed E-state index contributed by atoms with van der Waals surface area (Å²) in [6, 6.07) is 0. The molecule has 0 amide bonds. The molecule has 0 aromatic carbocycles. The van der Waals surface area contributed by atoms with Gasteiger partial charge in [-0.1, -0.05) is 286 Å². The lowest BCUT2D eigenvalue weighted by Gasteiger charge is -2.18. The van der Waals surface area contributed by atoms with Crippen molar-refractivity contribution < 1.29 is 28.6 Å². The molecule has 0 aliphatic heterocycles. The number of carbonyl (C=O) groups excluding carboxylic acids is 3. The van der Waals surface area contributed by atoms with E-state index in [4.69, 9.17) is 14.2 Å². The molecular weight excluding hydrogens is 901 g/mol. The Bertz CT molecular complexity index is 1400. The van der Waals surface area contributed by atoms with Crippen LogP contribution >= 0.6 is 0 Å². The summed E-state index contributed by atoms with van der Waals surface area (Å²) in [6.45, 7) is 6.47. The fraction of sp³-hybridized carbons (Fsp3) is 0.746. The molecule has 0 aromatic rings. The Hall–Kier alpha value is -3.41. The van der Waals surface area contributed by atoms with Crippen LogP contribution in [-0.2, 0) is 28.6 Å². The van der Waals surface area contributed by atoms with Gasteiger partial charge in [-0.25, -0.2) is 0 Å². The number of carbonyl (C=O) groups is 3. The summed E-state index contributed by atoms with van der Waals surface area (Å²) in [4.78, 5) is 38.2. The van der Waals surface area contributed by atoms with E-state index in [0.29, 0.717) is 19.3 Å². The molecule has 1 atom stereocenters. The topological polar surface area (TPSA) is 78.9 Å². The Labute approximate surface area is 452 Å². The number of esters is 3. The Morgan fingerprint density at radius 2 is 0.562 bits per heavy atom. The lowest BCUT2D eigenvalue weighted by Crippen LogP contribution is -2.30. The van der Waals surface area contributed by atoms with Crippen molar-refractivity contribution in [2.45, 2.75) is 309 Å². The molecule has 0 heterocycles. The number of ether oxygens (including phenoxy) is 3. The van der Waals surface area contributed by atoms with E-state index < -0.39 is 12.1 Å². The van der Waals surface area contributed by atoms with Crippen molar-refractivity contribution in [3.05, 3.63) is 85.1 Å². The van der Waals surface area contributed by atoms with Gasteiger partial charge in [-0.15, -0.1) is 0 Å². The highest BCUT2D eigenvalue weighted by Gasteiger charge is 2.19. The van der Waals surface area contributed by atoms with E-state index >= 15 is 0 Å². The first kappa shape index (κ1) is 69.6. The minimum Gasteiger partial charge on any atom is -0.462 e. The molecule has 420 valence electrons. The van der Waals surface area contributed by atoms with Crippen molar-refractivity contribution in [3.8, 4) is 0 Å². The zero-order chi connectivity index (χ0) is 52.9. The van der Waals surface area contributed by atoms with E-state index in [-0.39, 0.29) is 31.6 Å². The molecule has 73 heavy (non-hydrogen) atoms. The molecule has 0 aliphatic carbocycles. The lowest BCUT2D eigenvalue weighted by atomic mass is 10.0. The summed E-state index contributed by atoms with van der Waals surface area (Å²) in [5.41, 5.74) is 0. The summed E-state index contributed by atoms with van der Waals surface area (Å²) < 4.78 is 16.8. The van der Waals surface area contributed by atoms with Crippen molar-refractivity contribution in [2.24, 2.45) is 0 Å². The zero-order valence-corrected chi connectivity index (χ0v) is 48.1. The minimum atomic E-state index is -0.820. The quantitative estimate of drug-likeness (QED) is 0.0261. The first-order valence-corrected chi connectivity index (χ1v) is 31.1. The number of hydrogen-bond acceptors (Lipinski definition) is 6. The predicted molar refractivity (Wildman–Crippen MR) is 316 cm³/mol. The van der Waals surface area contributed by atoms with Gasteiger partial charge in [-0.3, -0.25) is 14.4 Å². The van der Waals surface area contributed by atoms with E-state index in [1.165, 1.54) is 167 Å². The maximum absolute atomic E-state index is 12.8. The van der Waals surface area contributed by atoms with Crippen LogP contribution in [0.15, 0.2) is 85.1 Å². The van der Waals surface area contributed by atoms with Crippen molar-refractivity contribution in [1.82, 2.24) is 0 Å². The van der Waals surface area contributed by atoms with Gasteiger partial charge < -0.3 is 14.2 Å². The van der Waals surface area contributed by atoms with Crippen molar-refractivity contribution >= 4 is 17.9 Å². The van der Waals surface area contributed by atoms with Crippen LogP contribution in [0.25, 0.3) is 0 Å². The highest BCUT2D eigenvalue weighted by Crippen LogP contribution is 2.17. The minimum absolute atomic E-state index is 0.107. The molecule has 0 N–H and O–H groups in total. The van der Waals surface area contributed by atoms with Crippen molar-refractivity contribution in [3.63, 3.8) is 0 Å². The van der Waals surface area contributed by atoms with Gasteiger partial charge in [-0.05, 0) is 83.5 Å². The molecule has 0 aromatic heterocycles. The van der Waals surface area contributed by atoms with E-state index in [0.717, 1.165) is 89.9 Å².